The van der Waals surface area contributed by atoms with Crippen LogP contribution in [0.4, 0.5) is 0 Å². The number of nitrogens with one attached hydrogen (secondary N) is 1. The van der Waals surface area contributed by atoms with Crippen molar-refractivity contribution in [1.29, 1.82) is 0 Å². The number of nitrogens with two attached hydrogens (primary N) is 1. The smallest absolute Gasteiger partial charge is 0.251 e. The lowest BCUT2D eigenvalue weighted by molar-refractivity contribution is -0.119. The van der Waals surface area contributed by atoms with Crippen LogP contribution < -0.4 is 11.1 Å². The van der Waals surface area contributed by atoms with E-state index in [0.717, 1.165) is 36.1 Å². The van der Waals surface area contributed by atoms with Crippen LogP contribution in [0.2, 0.25) is 0 Å². The first-order valence-electron chi connectivity index (χ1n) is 9.16. The first-order chi connectivity index (χ1) is 12.9. The van der Waals surface area contributed by atoms with Gasteiger partial charge in [-0.25, -0.2) is 4.98 Å². The molecule has 0 saturated heterocycles. The predicted molar refractivity (Wildman–Crippen MR) is 108 cm³/mol. The molecule has 0 saturated carbocycles. The van der Waals surface area contributed by atoms with E-state index in [-0.39, 0.29) is 17.7 Å². The lowest BCUT2D eigenvalue weighted by Crippen LogP contribution is -2.32. The van der Waals surface area contributed by atoms with Crippen molar-refractivity contribution in [3.05, 3.63) is 57.8 Å². The highest BCUT2D eigenvalue weighted by Crippen LogP contribution is 2.30. The zero-order valence-corrected chi connectivity index (χ0v) is 16.8. The highest BCUT2D eigenvalue weighted by molar-refractivity contribution is 8.00. The average Bonchev–Trinajstić information content (AvgIpc) is 2.64. The summed E-state index contributed by atoms with van der Waals surface area (Å²) in [6, 6.07) is 8.32. The molecular weight excluding hydrogens is 358 g/mol. The van der Waals surface area contributed by atoms with Crippen molar-refractivity contribution in [3.8, 4) is 0 Å². The van der Waals surface area contributed by atoms with E-state index in [1.807, 2.05) is 32.9 Å². The topological polar surface area (TPSA) is 85.1 Å². The number of amides is 2. The van der Waals surface area contributed by atoms with Crippen LogP contribution in [0.15, 0.2) is 29.3 Å². The van der Waals surface area contributed by atoms with Gasteiger partial charge in [-0.05, 0) is 62.3 Å². The monoisotopic (exact) mass is 383 g/mol. The standard InChI is InChI=1S/C21H25N3O2S/c1-12-13(2)19(20(22)26)21(23-14(12)3)27-11-18(25)24-17-10-6-8-15-7-4-5-9-16(15)17/h4-5,7,9,17H,6,8,10-11H2,1-3H3,(H2,22,26)(H,24,25). The maximum atomic E-state index is 12.5. The highest BCUT2D eigenvalue weighted by Gasteiger charge is 2.22. The molecule has 1 heterocycles. The van der Waals surface area contributed by atoms with Crippen LogP contribution in [-0.2, 0) is 11.2 Å². The average molecular weight is 384 g/mol. The van der Waals surface area contributed by atoms with Gasteiger partial charge < -0.3 is 11.1 Å². The molecule has 142 valence electrons. The van der Waals surface area contributed by atoms with Crippen LogP contribution in [0.5, 0.6) is 0 Å². The molecule has 27 heavy (non-hydrogen) atoms. The second kappa shape index (κ2) is 8.13. The van der Waals surface area contributed by atoms with Crippen molar-refractivity contribution < 1.29 is 9.59 Å². The minimum atomic E-state index is -0.507. The van der Waals surface area contributed by atoms with Crippen LogP contribution in [0.25, 0.3) is 0 Å². The Balaban J connectivity index is 1.71. The van der Waals surface area contributed by atoms with Crippen molar-refractivity contribution in [1.82, 2.24) is 10.3 Å². The number of benzene rings is 1. The molecule has 3 rings (SSSR count). The van der Waals surface area contributed by atoms with Crippen molar-refractivity contribution in [3.63, 3.8) is 0 Å². The molecule has 0 spiro atoms. The van der Waals surface area contributed by atoms with E-state index in [9.17, 15) is 9.59 Å². The fourth-order valence-corrected chi connectivity index (χ4v) is 4.53. The van der Waals surface area contributed by atoms with E-state index >= 15 is 0 Å². The number of carbonyl (C=O) groups excluding carboxylic acids is 2. The maximum absolute atomic E-state index is 12.5. The summed E-state index contributed by atoms with van der Waals surface area (Å²) in [5.41, 5.74) is 11.1. The number of nitrogens with zero attached hydrogens (tertiary/aromatic N) is 1. The number of hydrogen-bond donors (Lipinski definition) is 2. The van der Waals surface area contributed by atoms with Gasteiger partial charge in [-0.1, -0.05) is 36.0 Å². The minimum Gasteiger partial charge on any atom is -0.366 e. The van der Waals surface area contributed by atoms with E-state index in [4.69, 9.17) is 5.73 Å². The molecule has 1 aromatic heterocycles. The Morgan fingerprint density at radius 2 is 1.96 bits per heavy atom. The Labute approximate surface area is 164 Å². The first-order valence-corrected chi connectivity index (χ1v) is 10.1. The summed E-state index contributed by atoms with van der Waals surface area (Å²) in [6.45, 7) is 5.69. The van der Waals surface area contributed by atoms with Gasteiger partial charge in [-0.2, -0.15) is 0 Å². The van der Waals surface area contributed by atoms with Gasteiger partial charge in [0.25, 0.3) is 5.91 Å². The Bertz CT molecular complexity index is 895. The van der Waals surface area contributed by atoms with Gasteiger partial charge in [0.05, 0.1) is 17.4 Å². The third-order valence-corrected chi connectivity index (χ3v) is 6.23. The largest absolute Gasteiger partial charge is 0.366 e. The van der Waals surface area contributed by atoms with E-state index in [0.29, 0.717) is 10.6 Å². The quantitative estimate of drug-likeness (QED) is 0.775. The zero-order valence-electron chi connectivity index (χ0n) is 16.0. The number of aryl methyl sites for hydroxylation is 2. The van der Waals surface area contributed by atoms with Gasteiger partial charge in [-0.3, -0.25) is 9.59 Å². The van der Waals surface area contributed by atoms with Crippen LogP contribution in [0, 0.1) is 20.8 Å². The first kappa shape index (κ1) is 19.4. The number of thioether (sulfide) groups is 1. The predicted octanol–water partition coefficient (Wildman–Crippen LogP) is 3.39. The summed E-state index contributed by atoms with van der Waals surface area (Å²) < 4.78 is 0. The molecule has 1 atom stereocenters. The van der Waals surface area contributed by atoms with Crippen LogP contribution >= 0.6 is 11.8 Å². The summed E-state index contributed by atoms with van der Waals surface area (Å²) in [5, 5.41) is 3.66. The molecule has 0 fully saturated rings. The van der Waals surface area contributed by atoms with Gasteiger partial charge >= 0.3 is 0 Å². The van der Waals surface area contributed by atoms with Gasteiger partial charge in [0.1, 0.15) is 5.03 Å². The molecule has 0 radical (unpaired) electrons. The SMILES string of the molecule is Cc1nc(SCC(=O)NC2CCCc3ccccc32)c(C(N)=O)c(C)c1C. The van der Waals surface area contributed by atoms with E-state index < -0.39 is 5.91 Å². The number of carbonyl (C=O) groups is 2. The fourth-order valence-electron chi connectivity index (χ4n) is 3.58. The summed E-state index contributed by atoms with van der Waals surface area (Å²) in [4.78, 5) is 28.9. The van der Waals surface area contributed by atoms with Crippen molar-refractivity contribution >= 4 is 23.6 Å². The molecule has 5 nitrogen and oxygen atoms in total. The van der Waals surface area contributed by atoms with Crippen LogP contribution in [-0.4, -0.2) is 22.6 Å². The normalized spacial score (nSPS) is 15.9. The summed E-state index contributed by atoms with van der Waals surface area (Å²) in [6.07, 6.45) is 3.07. The summed E-state index contributed by atoms with van der Waals surface area (Å²) in [7, 11) is 0. The van der Waals surface area contributed by atoms with E-state index in [1.165, 1.54) is 22.9 Å². The molecule has 1 unspecified atom stereocenters. The summed E-state index contributed by atoms with van der Waals surface area (Å²) >= 11 is 1.27. The number of pyridine rings is 1. The second-order valence-corrected chi connectivity index (χ2v) is 7.96. The number of primary amides is 1. The lowest BCUT2D eigenvalue weighted by Gasteiger charge is -2.26. The van der Waals surface area contributed by atoms with Gasteiger partial charge in [0.2, 0.25) is 5.91 Å². The second-order valence-electron chi connectivity index (χ2n) is 6.99. The zero-order chi connectivity index (χ0) is 19.6. The van der Waals surface area contributed by atoms with Crippen molar-refractivity contribution in [2.24, 2.45) is 5.73 Å². The van der Waals surface area contributed by atoms with Crippen LogP contribution in [0.3, 0.4) is 0 Å². The Morgan fingerprint density at radius 3 is 2.70 bits per heavy atom. The number of fused-ring (bicyclic) bond motifs is 1. The van der Waals surface area contributed by atoms with Crippen molar-refractivity contribution in [2.45, 2.75) is 51.1 Å². The highest BCUT2D eigenvalue weighted by atomic mass is 32.2. The number of aromatic nitrogens is 1. The molecule has 0 bridgehead atoms. The molecular formula is C21H25N3O2S. The van der Waals surface area contributed by atoms with E-state index in [1.54, 1.807) is 0 Å². The van der Waals surface area contributed by atoms with Crippen LogP contribution in [0.1, 0.15) is 57.2 Å². The number of rotatable bonds is 5. The van der Waals surface area contributed by atoms with Crippen molar-refractivity contribution in [2.75, 3.05) is 5.75 Å². The minimum absolute atomic E-state index is 0.0492. The molecule has 1 aromatic carbocycles. The molecule has 1 aliphatic rings. The Kier molecular flexibility index (Phi) is 5.85. The molecule has 3 N–H and O–H groups in total. The fraction of sp³-hybridized carbons (Fsp3) is 0.381. The van der Waals surface area contributed by atoms with Gasteiger partial charge in [0, 0.05) is 5.69 Å². The molecule has 2 aromatic rings. The maximum Gasteiger partial charge on any atom is 0.251 e. The van der Waals surface area contributed by atoms with Gasteiger partial charge in [-0.15, -0.1) is 0 Å². The third kappa shape index (κ3) is 4.16. The Hall–Kier alpha value is -2.34. The lowest BCUT2D eigenvalue weighted by atomic mass is 9.88. The molecule has 1 aliphatic carbocycles. The summed E-state index contributed by atoms with van der Waals surface area (Å²) in [5.74, 6) is -0.365. The molecule has 6 heteroatoms. The third-order valence-electron chi connectivity index (χ3n) is 5.25. The number of hydrogen-bond acceptors (Lipinski definition) is 4. The molecule has 2 amide bonds. The Morgan fingerprint density at radius 1 is 1.22 bits per heavy atom. The van der Waals surface area contributed by atoms with E-state index in [2.05, 4.69) is 22.4 Å². The van der Waals surface area contributed by atoms with Gasteiger partial charge in [0.15, 0.2) is 0 Å². The molecule has 0 aliphatic heterocycles.